The molecule has 5 nitrogen and oxygen atoms in total. The number of imidazole rings is 1. The highest BCUT2D eigenvalue weighted by atomic mass is 16.1. The minimum absolute atomic E-state index is 0.0427. The zero-order chi connectivity index (χ0) is 14.9. The molecule has 5 heteroatoms. The van der Waals surface area contributed by atoms with Crippen molar-refractivity contribution < 1.29 is 0 Å². The van der Waals surface area contributed by atoms with Crippen LogP contribution < -0.4 is 16.3 Å². The van der Waals surface area contributed by atoms with Gasteiger partial charge in [-0.05, 0) is 39.8 Å². The van der Waals surface area contributed by atoms with E-state index in [9.17, 15) is 4.79 Å². The molecule has 0 fully saturated rings. The summed E-state index contributed by atoms with van der Waals surface area (Å²) in [6.45, 7) is 11.3. The predicted octanol–water partition coefficient (Wildman–Crippen LogP) is 2.27. The van der Waals surface area contributed by atoms with Crippen molar-refractivity contribution in [3.05, 3.63) is 22.6 Å². The predicted molar refractivity (Wildman–Crippen MR) is 85.5 cm³/mol. The number of nitrogens with zero attached hydrogens (tertiary/aromatic N) is 3. The van der Waals surface area contributed by atoms with Gasteiger partial charge in [0.05, 0.1) is 22.4 Å². The zero-order valence-corrected chi connectivity index (χ0v) is 12.8. The lowest BCUT2D eigenvalue weighted by Gasteiger charge is -2.23. The molecule has 0 aliphatic carbocycles. The quantitative estimate of drug-likeness (QED) is 0.852. The van der Waals surface area contributed by atoms with Crippen LogP contribution in [-0.2, 0) is 13.1 Å². The summed E-state index contributed by atoms with van der Waals surface area (Å²) >= 11 is 0. The van der Waals surface area contributed by atoms with Gasteiger partial charge in [0.2, 0.25) is 0 Å². The molecule has 0 amide bonds. The Bertz CT molecular complexity index is 665. The van der Waals surface area contributed by atoms with Crippen molar-refractivity contribution in [1.29, 1.82) is 0 Å². The Morgan fingerprint density at radius 1 is 1.00 bits per heavy atom. The van der Waals surface area contributed by atoms with Crippen LogP contribution in [0.15, 0.2) is 16.9 Å². The van der Waals surface area contributed by atoms with Crippen LogP contribution in [0.5, 0.6) is 0 Å². The van der Waals surface area contributed by atoms with Gasteiger partial charge in [-0.3, -0.25) is 9.13 Å². The summed E-state index contributed by atoms with van der Waals surface area (Å²) in [5.74, 6) is 0. The Kier molecular flexibility index (Phi) is 4.06. The van der Waals surface area contributed by atoms with Crippen molar-refractivity contribution in [2.45, 2.75) is 40.8 Å². The Hall–Kier alpha value is -1.91. The maximum absolute atomic E-state index is 12.4. The number of anilines is 2. The van der Waals surface area contributed by atoms with E-state index in [1.165, 1.54) is 0 Å². The molecule has 0 radical (unpaired) electrons. The lowest BCUT2D eigenvalue weighted by atomic mass is 10.2. The number of hydrogen-bond donors (Lipinski definition) is 1. The molecule has 1 heterocycles. The summed E-state index contributed by atoms with van der Waals surface area (Å²) in [7, 11) is 0. The van der Waals surface area contributed by atoms with Crippen molar-refractivity contribution in [2.75, 3.05) is 23.7 Å². The molecule has 0 saturated heterocycles. The van der Waals surface area contributed by atoms with Gasteiger partial charge in [0, 0.05) is 26.2 Å². The van der Waals surface area contributed by atoms with E-state index in [0.29, 0.717) is 13.1 Å². The summed E-state index contributed by atoms with van der Waals surface area (Å²) in [5, 5.41) is 0. The first-order valence-electron chi connectivity index (χ1n) is 7.36. The Morgan fingerprint density at radius 3 is 1.95 bits per heavy atom. The standard InChI is InChI=1S/C15H24N4O/c1-5-17(6-2)12-10-14-13(9-11(12)16)18(7-3)15(20)19(14)8-4/h9-10H,5-8,16H2,1-4H3. The van der Waals surface area contributed by atoms with Gasteiger partial charge >= 0.3 is 5.69 Å². The molecule has 20 heavy (non-hydrogen) atoms. The first-order chi connectivity index (χ1) is 9.58. The highest BCUT2D eigenvalue weighted by molar-refractivity contribution is 5.88. The van der Waals surface area contributed by atoms with E-state index >= 15 is 0 Å². The van der Waals surface area contributed by atoms with Crippen molar-refractivity contribution in [1.82, 2.24) is 9.13 Å². The molecule has 0 unspecified atom stereocenters. The summed E-state index contributed by atoms with van der Waals surface area (Å²) < 4.78 is 3.59. The van der Waals surface area contributed by atoms with Gasteiger partial charge in [-0.2, -0.15) is 0 Å². The van der Waals surface area contributed by atoms with Crippen LogP contribution in [0.1, 0.15) is 27.7 Å². The van der Waals surface area contributed by atoms with Crippen LogP contribution >= 0.6 is 0 Å². The monoisotopic (exact) mass is 276 g/mol. The van der Waals surface area contributed by atoms with E-state index in [0.717, 1.165) is 35.5 Å². The van der Waals surface area contributed by atoms with Crippen molar-refractivity contribution >= 4 is 22.4 Å². The maximum atomic E-state index is 12.4. The molecule has 0 aliphatic rings. The fraction of sp³-hybridized carbons (Fsp3) is 0.533. The van der Waals surface area contributed by atoms with Crippen LogP contribution in [0, 0.1) is 0 Å². The van der Waals surface area contributed by atoms with Crippen molar-refractivity contribution in [2.24, 2.45) is 0 Å². The fourth-order valence-electron chi connectivity index (χ4n) is 2.82. The second-order valence-corrected chi connectivity index (χ2v) is 4.84. The van der Waals surface area contributed by atoms with Gasteiger partial charge in [0.15, 0.2) is 0 Å². The number of aryl methyl sites for hydroxylation is 2. The van der Waals surface area contributed by atoms with Crippen LogP contribution in [0.2, 0.25) is 0 Å². The number of aromatic nitrogens is 2. The smallest absolute Gasteiger partial charge is 0.329 e. The molecule has 0 saturated carbocycles. The van der Waals surface area contributed by atoms with Gasteiger partial charge in [0.25, 0.3) is 0 Å². The number of fused-ring (bicyclic) bond motifs is 1. The number of hydrogen-bond acceptors (Lipinski definition) is 3. The molecule has 0 aliphatic heterocycles. The molecular formula is C15H24N4O. The number of nitrogens with two attached hydrogens (primary N) is 1. The summed E-state index contributed by atoms with van der Waals surface area (Å²) in [6, 6.07) is 3.98. The normalized spacial score (nSPS) is 11.2. The van der Waals surface area contributed by atoms with Gasteiger partial charge in [-0.25, -0.2) is 4.79 Å². The third-order valence-electron chi connectivity index (χ3n) is 3.90. The molecule has 2 aromatic rings. The van der Waals surface area contributed by atoms with Gasteiger partial charge in [-0.15, -0.1) is 0 Å². The summed E-state index contributed by atoms with van der Waals surface area (Å²) in [5.41, 5.74) is 9.88. The van der Waals surface area contributed by atoms with Crippen LogP contribution in [0.3, 0.4) is 0 Å². The molecule has 0 bridgehead atoms. The lowest BCUT2D eigenvalue weighted by Crippen LogP contribution is -2.23. The third-order valence-corrected chi connectivity index (χ3v) is 3.90. The number of benzene rings is 1. The second kappa shape index (κ2) is 5.61. The summed E-state index contributed by atoms with van der Waals surface area (Å²) in [6.07, 6.45) is 0. The lowest BCUT2D eigenvalue weighted by molar-refractivity contribution is 0.671. The van der Waals surface area contributed by atoms with E-state index in [4.69, 9.17) is 5.73 Å². The molecule has 1 aromatic heterocycles. The molecule has 1 aromatic carbocycles. The zero-order valence-electron chi connectivity index (χ0n) is 12.8. The van der Waals surface area contributed by atoms with Crippen LogP contribution in [0.25, 0.3) is 11.0 Å². The second-order valence-electron chi connectivity index (χ2n) is 4.84. The maximum Gasteiger partial charge on any atom is 0.329 e. The SMILES string of the molecule is CCN(CC)c1cc2c(cc1N)n(CC)c(=O)n2CC. The van der Waals surface area contributed by atoms with E-state index in [2.05, 4.69) is 24.8 Å². The van der Waals surface area contributed by atoms with Gasteiger partial charge in [0.1, 0.15) is 0 Å². The topological polar surface area (TPSA) is 56.2 Å². The largest absolute Gasteiger partial charge is 0.397 e. The van der Waals surface area contributed by atoms with Crippen LogP contribution in [0.4, 0.5) is 11.4 Å². The van der Waals surface area contributed by atoms with E-state index in [1.807, 2.05) is 24.5 Å². The fourth-order valence-corrected chi connectivity index (χ4v) is 2.82. The number of rotatable bonds is 5. The van der Waals surface area contributed by atoms with Crippen molar-refractivity contribution in [3.63, 3.8) is 0 Å². The Labute approximate surface area is 119 Å². The van der Waals surface area contributed by atoms with Gasteiger partial charge in [-0.1, -0.05) is 0 Å². The van der Waals surface area contributed by atoms with E-state index in [-0.39, 0.29) is 5.69 Å². The third kappa shape index (κ3) is 2.07. The average Bonchev–Trinajstić information content (AvgIpc) is 2.70. The summed E-state index contributed by atoms with van der Waals surface area (Å²) in [4.78, 5) is 14.6. The van der Waals surface area contributed by atoms with Gasteiger partial charge < -0.3 is 10.6 Å². The minimum Gasteiger partial charge on any atom is -0.397 e. The first kappa shape index (κ1) is 14.5. The minimum atomic E-state index is 0.0427. The van der Waals surface area contributed by atoms with Crippen molar-refractivity contribution in [3.8, 4) is 0 Å². The Balaban J connectivity index is 2.78. The van der Waals surface area contributed by atoms with E-state index in [1.54, 1.807) is 4.57 Å². The highest BCUT2D eigenvalue weighted by Crippen LogP contribution is 2.29. The number of nitrogen functional groups attached to an aromatic ring is 1. The molecule has 2 rings (SSSR count). The molecule has 0 spiro atoms. The highest BCUT2D eigenvalue weighted by Gasteiger charge is 2.15. The molecule has 110 valence electrons. The Morgan fingerprint density at radius 2 is 1.50 bits per heavy atom. The molecular weight excluding hydrogens is 252 g/mol. The van der Waals surface area contributed by atoms with Crippen LogP contribution in [-0.4, -0.2) is 22.2 Å². The van der Waals surface area contributed by atoms with E-state index < -0.39 is 0 Å². The molecule has 0 atom stereocenters. The first-order valence-corrected chi connectivity index (χ1v) is 7.36. The average molecular weight is 276 g/mol. The molecule has 2 N–H and O–H groups in total.